The molecule has 2 fully saturated rings. The van der Waals surface area contributed by atoms with Gasteiger partial charge < -0.3 is 9.47 Å². The fraction of sp³-hybridized carbons (Fsp3) is 0.571. The van der Waals surface area contributed by atoms with Crippen molar-refractivity contribution in [3.8, 4) is 0 Å². The minimum atomic E-state index is -0.338. The second-order valence-electron chi connectivity index (χ2n) is 5.99. The zero-order valence-electron chi connectivity index (χ0n) is 12.1. The summed E-state index contributed by atoms with van der Waals surface area (Å²) in [5.41, 5.74) is 0.377. The van der Waals surface area contributed by atoms with Crippen molar-refractivity contribution in [1.29, 1.82) is 0 Å². The number of nitrogens with one attached hydrogen (secondary N) is 1. The Morgan fingerprint density at radius 2 is 2.00 bits per heavy atom. The van der Waals surface area contributed by atoms with Crippen molar-refractivity contribution >= 4 is 17.3 Å². The quantitative estimate of drug-likeness (QED) is 0.931. The van der Waals surface area contributed by atoms with Gasteiger partial charge in [0.1, 0.15) is 17.2 Å². The summed E-state index contributed by atoms with van der Waals surface area (Å²) in [5.74, 6) is 1.53. The van der Waals surface area contributed by atoms with Crippen molar-refractivity contribution < 1.29 is 0 Å². The van der Waals surface area contributed by atoms with Crippen LogP contribution in [0.5, 0.6) is 0 Å². The maximum Gasteiger partial charge on any atom is 0.285 e. The summed E-state index contributed by atoms with van der Waals surface area (Å²) in [6.07, 6.45) is 7.91. The monoisotopic (exact) mass is 320 g/mol. The lowest BCUT2D eigenvalue weighted by molar-refractivity contribution is 0.465. The van der Waals surface area contributed by atoms with Gasteiger partial charge in [0.25, 0.3) is 5.56 Å². The number of hydrogen-bond donors (Lipinski definition) is 1. The Morgan fingerprint density at radius 3 is 2.73 bits per heavy atom. The van der Waals surface area contributed by atoms with Crippen LogP contribution < -0.4 is 10.5 Å². The number of aromatic amines is 1. The van der Waals surface area contributed by atoms with Gasteiger partial charge in [0, 0.05) is 25.0 Å². The number of nitrogens with zero attached hydrogens (tertiary/aromatic N) is 5. The number of anilines is 1. The van der Waals surface area contributed by atoms with E-state index in [1.807, 2.05) is 6.33 Å². The summed E-state index contributed by atoms with van der Waals surface area (Å²) >= 11 is 6.09. The predicted molar refractivity (Wildman–Crippen MR) is 82.3 cm³/mol. The van der Waals surface area contributed by atoms with E-state index >= 15 is 0 Å². The first-order valence-electron chi connectivity index (χ1n) is 7.61. The molecular weight excluding hydrogens is 304 g/mol. The van der Waals surface area contributed by atoms with Gasteiger partial charge in [-0.25, -0.2) is 5.10 Å². The van der Waals surface area contributed by atoms with Crippen LogP contribution in [0.1, 0.15) is 43.5 Å². The number of aromatic nitrogens is 5. The fourth-order valence-electron chi connectivity index (χ4n) is 3.15. The van der Waals surface area contributed by atoms with Crippen molar-refractivity contribution in [3.63, 3.8) is 0 Å². The molecule has 0 unspecified atom stereocenters. The lowest BCUT2D eigenvalue weighted by Gasteiger charge is -2.33. The van der Waals surface area contributed by atoms with E-state index in [1.165, 1.54) is 12.8 Å². The first-order chi connectivity index (χ1) is 10.7. The van der Waals surface area contributed by atoms with Crippen LogP contribution in [0.25, 0.3) is 0 Å². The molecule has 4 rings (SSSR count). The minimum absolute atomic E-state index is 0.217. The zero-order chi connectivity index (χ0) is 15.1. The Labute approximate surface area is 132 Å². The highest BCUT2D eigenvalue weighted by Gasteiger charge is 2.31. The highest BCUT2D eigenvalue weighted by molar-refractivity contribution is 6.32. The molecule has 0 amide bonds. The van der Waals surface area contributed by atoms with Gasteiger partial charge in [0.15, 0.2) is 0 Å². The first kappa shape index (κ1) is 13.8. The standard InChI is InChI=1S/C14H17ClN6O/c15-12-11(7-16-19-14(12)22)20-5-3-9(4-6-20)13-18-17-8-21(13)10-1-2-10/h7-10H,1-6H2,(H,19,22). The van der Waals surface area contributed by atoms with Gasteiger partial charge in [0.05, 0.1) is 11.9 Å². The summed E-state index contributed by atoms with van der Waals surface area (Å²) in [7, 11) is 0. The van der Waals surface area contributed by atoms with Crippen LogP contribution >= 0.6 is 11.6 Å². The summed E-state index contributed by atoms with van der Waals surface area (Å²) in [6, 6.07) is 0.606. The number of rotatable bonds is 3. The van der Waals surface area contributed by atoms with Gasteiger partial charge in [-0.05, 0) is 25.7 Å². The Morgan fingerprint density at radius 1 is 1.23 bits per heavy atom. The molecule has 3 heterocycles. The van der Waals surface area contributed by atoms with E-state index < -0.39 is 0 Å². The molecule has 1 aliphatic carbocycles. The Kier molecular flexibility index (Phi) is 3.37. The van der Waals surface area contributed by atoms with Crippen molar-refractivity contribution in [3.05, 3.63) is 33.7 Å². The summed E-state index contributed by atoms with van der Waals surface area (Å²) < 4.78 is 2.24. The summed E-state index contributed by atoms with van der Waals surface area (Å²) in [4.78, 5) is 13.7. The molecule has 0 aromatic carbocycles. The largest absolute Gasteiger partial charge is 0.369 e. The highest BCUT2D eigenvalue weighted by atomic mass is 35.5. The molecule has 2 aromatic rings. The minimum Gasteiger partial charge on any atom is -0.369 e. The van der Waals surface area contributed by atoms with Crippen LogP contribution in [0.4, 0.5) is 5.69 Å². The predicted octanol–water partition coefficient (Wildman–Crippen LogP) is 1.73. The average molecular weight is 321 g/mol. The van der Waals surface area contributed by atoms with Crippen molar-refractivity contribution in [1.82, 2.24) is 25.0 Å². The van der Waals surface area contributed by atoms with Gasteiger partial charge in [-0.3, -0.25) is 4.79 Å². The molecule has 1 N–H and O–H groups in total. The van der Waals surface area contributed by atoms with E-state index in [-0.39, 0.29) is 10.6 Å². The van der Waals surface area contributed by atoms with Gasteiger partial charge in [0.2, 0.25) is 0 Å². The molecule has 0 spiro atoms. The van der Waals surface area contributed by atoms with Crippen LogP contribution in [-0.2, 0) is 0 Å². The molecule has 2 aliphatic rings. The van der Waals surface area contributed by atoms with E-state index in [0.29, 0.717) is 17.6 Å². The van der Waals surface area contributed by atoms with E-state index in [2.05, 4.69) is 29.9 Å². The fourth-order valence-corrected chi connectivity index (χ4v) is 3.36. The van der Waals surface area contributed by atoms with Crippen molar-refractivity contribution in [2.24, 2.45) is 0 Å². The van der Waals surface area contributed by atoms with Crippen molar-refractivity contribution in [2.75, 3.05) is 18.0 Å². The molecule has 116 valence electrons. The van der Waals surface area contributed by atoms with Gasteiger partial charge in [-0.1, -0.05) is 11.6 Å². The van der Waals surface area contributed by atoms with Gasteiger partial charge in [-0.15, -0.1) is 10.2 Å². The number of hydrogen-bond acceptors (Lipinski definition) is 5. The molecule has 0 bridgehead atoms. The SMILES string of the molecule is O=c1[nH]ncc(N2CCC(c3nncn3C3CC3)CC2)c1Cl. The number of H-pyrrole nitrogens is 1. The molecule has 1 saturated carbocycles. The van der Waals surface area contributed by atoms with E-state index in [1.54, 1.807) is 6.20 Å². The lowest BCUT2D eigenvalue weighted by Crippen LogP contribution is -2.34. The first-order valence-corrected chi connectivity index (χ1v) is 7.99. The number of halogens is 1. The zero-order valence-corrected chi connectivity index (χ0v) is 12.8. The third-order valence-electron chi connectivity index (χ3n) is 4.52. The van der Waals surface area contributed by atoms with E-state index in [4.69, 9.17) is 11.6 Å². The van der Waals surface area contributed by atoms with Gasteiger partial charge in [-0.2, -0.15) is 5.10 Å². The summed E-state index contributed by atoms with van der Waals surface area (Å²) in [5, 5.41) is 14.8. The van der Waals surface area contributed by atoms with E-state index in [0.717, 1.165) is 31.8 Å². The molecule has 0 radical (unpaired) electrons. The summed E-state index contributed by atoms with van der Waals surface area (Å²) in [6.45, 7) is 1.68. The second-order valence-corrected chi connectivity index (χ2v) is 6.37. The van der Waals surface area contributed by atoms with Crippen LogP contribution in [0.2, 0.25) is 5.02 Å². The van der Waals surface area contributed by atoms with Crippen LogP contribution in [0, 0.1) is 0 Å². The Balaban J connectivity index is 1.49. The van der Waals surface area contributed by atoms with Crippen molar-refractivity contribution in [2.45, 2.75) is 37.6 Å². The lowest BCUT2D eigenvalue weighted by atomic mass is 9.95. The molecule has 1 saturated heterocycles. The molecule has 7 nitrogen and oxygen atoms in total. The van der Waals surface area contributed by atoms with Crippen LogP contribution in [0.3, 0.4) is 0 Å². The van der Waals surface area contributed by atoms with Crippen LogP contribution in [0.15, 0.2) is 17.3 Å². The molecule has 1 aliphatic heterocycles. The molecule has 0 atom stereocenters. The van der Waals surface area contributed by atoms with E-state index in [9.17, 15) is 4.79 Å². The van der Waals surface area contributed by atoms with Crippen LogP contribution in [-0.4, -0.2) is 38.1 Å². The third kappa shape index (κ3) is 2.39. The third-order valence-corrected chi connectivity index (χ3v) is 4.88. The molecule has 2 aromatic heterocycles. The highest BCUT2D eigenvalue weighted by Crippen LogP contribution is 2.39. The normalized spacial score (nSPS) is 19.6. The smallest absolute Gasteiger partial charge is 0.285 e. The Bertz CT molecular complexity index is 729. The Hall–Kier alpha value is -1.89. The number of piperidine rings is 1. The topological polar surface area (TPSA) is 79.7 Å². The van der Waals surface area contributed by atoms with Gasteiger partial charge >= 0.3 is 0 Å². The molecule has 22 heavy (non-hydrogen) atoms. The maximum atomic E-state index is 11.6. The second kappa shape index (κ2) is 5.39. The molecule has 8 heteroatoms. The molecular formula is C14H17ClN6O. The average Bonchev–Trinajstić information content (AvgIpc) is 3.27. The maximum absolute atomic E-state index is 11.6.